The number of nitrogens with zero attached hydrogens (tertiary/aromatic N) is 1. The molecule has 37 heavy (non-hydrogen) atoms. The van der Waals surface area contributed by atoms with E-state index in [1.165, 1.54) is 0 Å². The van der Waals surface area contributed by atoms with Gasteiger partial charge in [0.1, 0.15) is 36.7 Å². The molecule has 5 nitrogen and oxygen atoms in total. The molecule has 0 fully saturated rings. The first kappa shape index (κ1) is 24.7. The van der Waals surface area contributed by atoms with Crippen LogP contribution in [-0.2, 0) is 13.2 Å². The lowest BCUT2D eigenvalue weighted by Gasteiger charge is -2.18. The van der Waals surface area contributed by atoms with Crippen LogP contribution in [0.15, 0.2) is 106 Å². The molecule has 0 saturated carbocycles. The van der Waals surface area contributed by atoms with Crippen LogP contribution < -0.4 is 14.2 Å². The maximum Gasteiger partial charge on any atom is 0.137 e. The third-order valence-corrected chi connectivity index (χ3v) is 6.69. The first-order chi connectivity index (χ1) is 18.1. The number of halogens is 1. The maximum atomic E-state index is 6.42. The maximum absolute atomic E-state index is 6.42. The SMILES string of the molecule is COc1ccc(-c2conc2C)c(-c2cc(Br)c(OCc3ccccc3)cc2OCc2ccccc2)c1. The number of ether oxygens (including phenoxy) is 3. The van der Waals surface area contributed by atoms with Crippen molar-refractivity contribution in [1.82, 2.24) is 5.16 Å². The molecule has 0 saturated heterocycles. The predicted molar refractivity (Wildman–Crippen MR) is 148 cm³/mol. The highest BCUT2D eigenvalue weighted by Crippen LogP contribution is 2.44. The van der Waals surface area contributed by atoms with E-state index < -0.39 is 0 Å². The van der Waals surface area contributed by atoms with Crippen LogP contribution in [0.5, 0.6) is 17.2 Å². The van der Waals surface area contributed by atoms with Gasteiger partial charge in [0.25, 0.3) is 0 Å². The monoisotopic (exact) mass is 555 g/mol. The number of methoxy groups -OCH3 is 1. The van der Waals surface area contributed by atoms with Gasteiger partial charge in [-0.3, -0.25) is 0 Å². The van der Waals surface area contributed by atoms with Gasteiger partial charge in [-0.1, -0.05) is 65.8 Å². The molecule has 0 aliphatic rings. The van der Waals surface area contributed by atoms with Crippen LogP contribution >= 0.6 is 15.9 Å². The Morgan fingerprint density at radius 2 is 1.35 bits per heavy atom. The summed E-state index contributed by atoms with van der Waals surface area (Å²) in [5.74, 6) is 2.13. The molecule has 0 aliphatic heterocycles. The van der Waals surface area contributed by atoms with Gasteiger partial charge in [-0.15, -0.1) is 0 Å². The number of aryl methyl sites for hydroxylation is 1. The molecule has 0 unspecified atom stereocenters. The van der Waals surface area contributed by atoms with E-state index in [1.54, 1.807) is 13.4 Å². The van der Waals surface area contributed by atoms with Gasteiger partial charge >= 0.3 is 0 Å². The molecule has 1 heterocycles. The highest BCUT2D eigenvalue weighted by molar-refractivity contribution is 9.10. The third kappa shape index (κ3) is 5.70. The van der Waals surface area contributed by atoms with Crippen LogP contribution in [0.3, 0.4) is 0 Å². The summed E-state index contributed by atoms with van der Waals surface area (Å²) in [6, 6.07) is 30.1. The molecule has 0 amide bonds. The molecule has 186 valence electrons. The smallest absolute Gasteiger partial charge is 0.137 e. The molecule has 0 N–H and O–H groups in total. The number of aromatic nitrogens is 1. The highest BCUT2D eigenvalue weighted by Gasteiger charge is 2.19. The van der Waals surface area contributed by atoms with Crippen LogP contribution in [0.4, 0.5) is 0 Å². The molecule has 6 heteroatoms. The number of rotatable bonds is 9. The zero-order valence-corrected chi connectivity index (χ0v) is 22.2. The molecule has 0 spiro atoms. The topological polar surface area (TPSA) is 53.7 Å². The van der Waals surface area contributed by atoms with Crippen LogP contribution in [0.25, 0.3) is 22.3 Å². The van der Waals surface area contributed by atoms with Crippen molar-refractivity contribution in [3.05, 3.63) is 119 Å². The van der Waals surface area contributed by atoms with Gasteiger partial charge in [-0.25, -0.2) is 0 Å². The number of benzene rings is 4. The molecule has 1 aromatic heterocycles. The van der Waals surface area contributed by atoms with Gasteiger partial charge in [0.2, 0.25) is 0 Å². The molecular formula is C31H26BrNO4. The Morgan fingerprint density at radius 1 is 0.703 bits per heavy atom. The van der Waals surface area contributed by atoms with E-state index in [0.717, 1.165) is 49.3 Å². The van der Waals surface area contributed by atoms with Gasteiger partial charge in [-0.05, 0) is 69.4 Å². The second kappa shape index (κ2) is 11.4. The van der Waals surface area contributed by atoms with Crippen molar-refractivity contribution in [3.63, 3.8) is 0 Å². The average molecular weight is 556 g/mol. The lowest BCUT2D eigenvalue weighted by molar-refractivity contribution is 0.289. The quantitative estimate of drug-likeness (QED) is 0.183. The fraction of sp³-hybridized carbons (Fsp3) is 0.129. The van der Waals surface area contributed by atoms with Crippen LogP contribution in [-0.4, -0.2) is 12.3 Å². The zero-order chi connectivity index (χ0) is 25.6. The molecule has 0 atom stereocenters. The summed E-state index contributed by atoms with van der Waals surface area (Å²) >= 11 is 3.73. The predicted octanol–water partition coefficient (Wildman–Crippen LogP) is 8.25. The summed E-state index contributed by atoms with van der Waals surface area (Å²) in [5, 5.41) is 4.09. The van der Waals surface area contributed by atoms with Gasteiger partial charge < -0.3 is 18.7 Å². The van der Waals surface area contributed by atoms with Crippen molar-refractivity contribution in [3.8, 4) is 39.5 Å². The van der Waals surface area contributed by atoms with Crippen molar-refractivity contribution in [1.29, 1.82) is 0 Å². The van der Waals surface area contributed by atoms with E-state index in [1.807, 2.05) is 97.9 Å². The Balaban J connectivity index is 1.59. The summed E-state index contributed by atoms with van der Waals surface area (Å²) in [7, 11) is 1.66. The Kier molecular flexibility index (Phi) is 7.57. The summed E-state index contributed by atoms with van der Waals surface area (Å²) in [6.07, 6.45) is 1.66. The Morgan fingerprint density at radius 3 is 1.95 bits per heavy atom. The fourth-order valence-electron chi connectivity index (χ4n) is 4.10. The summed E-state index contributed by atoms with van der Waals surface area (Å²) < 4.78 is 24.3. The summed E-state index contributed by atoms with van der Waals surface area (Å²) in [6.45, 7) is 2.79. The van der Waals surface area contributed by atoms with E-state index in [0.29, 0.717) is 24.7 Å². The summed E-state index contributed by atoms with van der Waals surface area (Å²) in [4.78, 5) is 0. The van der Waals surface area contributed by atoms with Crippen LogP contribution in [0, 0.1) is 6.92 Å². The van der Waals surface area contributed by atoms with E-state index >= 15 is 0 Å². The lowest BCUT2D eigenvalue weighted by Crippen LogP contribution is -2.01. The number of hydrogen-bond acceptors (Lipinski definition) is 5. The second-order valence-corrected chi connectivity index (χ2v) is 9.41. The normalized spacial score (nSPS) is 10.8. The minimum atomic E-state index is 0.416. The van der Waals surface area contributed by atoms with Gasteiger partial charge in [0.05, 0.1) is 17.3 Å². The lowest BCUT2D eigenvalue weighted by atomic mass is 9.94. The minimum absolute atomic E-state index is 0.416. The highest BCUT2D eigenvalue weighted by atomic mass is 79.9. The molecule has 0 aliphatic carbocycles. The van der Waals surface area contributed by atoms with Crippen LogP contribution in [0.2, 0.25) is 0 Å². The average Bonchev–Trinajstić information content (AvgIpc) is 3.37. The van der Waals surface area contributed by atoms with E-state index in [4.69, 9.17) is 18.7 Å². The van der Waals surface area contributed by atoms with Gasteiger partial charge in [-0.2, -0.15) is 0 Å². The van der Waals surface area contributed by atoms with Gasteiger partial charge in [0.15, 0.2) is 0 Å². The largest absolute Gasteiger partial charge is 0.497 e. The van der Waals surface area contributed by atoms with E-state index in [2.05, 4.69) is 21.1 Å². The first-order valence-corrected chi connectivity index (χ1v) is 12.7. The third-order valence-electron chi connectivity index (χ3n) is 6.07. The van der Waals surface area contributed by atoms with Crippen molar-refractivity contribution >= 4 is 15.9 Å². The van der Waals surface area contributed by atoms with Crippen LogP contribution in [0.1, 0.15) is 16.8 Å². The Hall–Kier alpha value is -4.03. The Labute approximate surface area is 224 Å². The number of hydrogen-bond donors (Lipinski definition) is 0. The molecular weight excluding hydrogens is 530 g/mol. The molecule has 0 radical (unpaired) electrons. The van der Waals surface area contributed by atoms with Crippen molar-refractivity contribution in [2.45, 2.75) is 20.1 Å². The first-order valence-electron chi connectivity index (χ1n) is 11.9. The standard InChI is InChI=1S/C31H26BrNO4/c1-21-28(20-37-33-21)25-14-13-24(34-2)15-26(25)27-16-29(32)31(36-19-23-11-7-4-8-12-23)17-30(27)35-18-22-9-5-3-6-10-22/h3-17,20H,18-19H2,1-2H3. The molecule has 5 aromatic rings. The second-order valence-electron chi connectivity index (χ2n) is 8.55. The van der Waals surface area contributed by atoms with Crippen molar-refractivity contribution < 1.29 is 18.7 Å². The molecule has 4 aromatic carbocycles. The van der Waals surface area contributed by atoms with Gasteiger partial charge in [0, 0.05) is 17.2 Å². The fourth-order valence-corrected chi connectivity index (χ4v) is 4.56. The minimum Gasteiger partial charge on any atom is -0.497 e. The van der Waals surface area contributed by atoms with Crippen molar-refractivity contribution in [2.75, 3.05) is 7.11 Å². The van der Waals surface area contributed by atoms with Crippen molar-refractivity contribution in [2.24, 2.45) is 0 Å². The van der Waals surface area contributed by atoms with E-state index in [-0.39, 0.29) is 0 Å². The molecule has 0 bridgehead atoms. The zero-order valence-electron chi connectivity index (χ0n) is 20.6. The van der Waals surface area contributed by atoms with E-state index in [9.17, 15) is 0 Å². The summed E-state index contributed by atoms with van der Waals surface area (Å²) in [5.41, 5.74) is 6.67. The molecule has 5 rings (SSSR count). The Bertz CT molecular complexity index is 1480.